The molecule has 0 bridgehead atoms. The third kappa shape index (κ3) is 3.38. The van der Waals surface area contributed by atoms with Crippen LogP contribution < -0.4 is 5.32 Å². The maximum Gasteiger partial charge on any atom is 0.418 e. The van der Waals surface area contributed by atoms with Gasteiger partial charge in [-0.3, -0.25) is 4.79 Å². The number of hydrogen-bond donors (Lipinski definition) is 1. The van der Waals surface area contributed by atoms with Gasteiger partial charge in [0.1, 0.15) is 0 Å². The van der Waals surface area contributed by atoms with E-state index in [-0.39, 0.29) is 22.0 Å². The fourth-order valence-electron chi connectivity index (χ4n) is 3.49. The molecular weight excluding hydrogens is 351 g/mol. The molecule has 2 aromatic carbocycles. The first kappa shape index (κ1) is 17.8. The monoisotopic (exact) mass is 367 g/mol. The summed E-state index contributed by atoms with van der Waals surface area (Å²) in [5, 5.41) is 2.57. The van der Waals surface area contributed by atoms with Crippen LogP contribution in [0.25, 0.3) is 0 Å². The van der Waals surface area contributed by atoms with E-state index in [1.165, 1.54) is 0 Å². The smallest absolute Gasteiger partial charge is 0.325 e. The van der Waals surface area contributed by atoms with Gasteiger partial charge in [-0.05, 0) is 29.2 Å². The Balaban J connectivity index is 1.86. The van der Waals surface area contributed by atoms with E-state index in [0.717, 1.165) is 23.8 Å². The van der Waals surface area contributed by atoms with E-state index in [1.54, 1.807) is 0 Å². The number of alkyl halides is 3. The van der Waals surface area contributed by atoms with Gasteiger partial charge in [0, 0.05) is 10.9 Å². The Morgan fingerprint density at radius 2 is 1.76 bits per heavy atom. The van der Waals surface area contributed by atoms with Crippen LogP contribution in [0, 0.1) is 11.3 Å². The summed E-state index contributed by atoms with van der Waals surface area (Å²) in [6.07, 6.45) is -4.56. The van der Waals surface area contributed by atoms with E-state index in [0.29, 0.717) is 0 Å². The van der Waals surface area contributed by atoms with Crippen molar-refractivity contribution < 1.29 is 18.0 Å². The summed E-state index contributed by atoms with van der Waals surface area (Å²) in [7, 11) is 0. The molecule has 0 radical (unpaired) electrons. The Labute approximate surface area is 149 Å². The minimum atomic E-state index is -4.56. The minimum absolute atomic E-state index is 0.0257. The summed E-state index contributed by atoms with van der Waals surface area (Å²) in [6, 6.07) is 12.7. The van der Waals surface area contributed by atoms with Crippen molar-refractivity contribution in [1.29, 1.82) is 0 Å². The highest BCUT2D eigenvalue weighted by Gasteiger charge is 2.62. The van der Waals surface area contributed by atoms with E-state index in [2.05, 4.69) is 5.32 Å². The van der Waals surface area contributed by atoms with Crippen molar-refractivity contribution in [2.45, 2.75) is 25.9 Å². The summed E-state index contributed by atoms with van der Waals surface area (Å²) in [6.45, 7) is 3.88. The second-order valence-corrected chi connectivity index (χ2v) is 7.30. The molecule has 0 aliphatic heterocycles. The van der Waals surface area contributed by atoms with Gasteiger partial charge in [-0.2, -0.15) is 13.2 Å². The normalized spacial score (nSPS) is 21.7. The quantitative estimate of drug-likeness (QED) is 0.736. The van der Waals surface area contributed by atoms with Crippen LogP contribution >= 0.6 is 11.6 Å². The van der Waals surface area contributed by atoms with Gasteiger partial charge in [0.15, 0.2) is 0 Å². The van der Waals surface area contributed by atoms with E-state index >= 15 is 0 Å². The molecule has 132 valence electrons. The molecule has 0 saturated heterocycles. The number of carbonyl (C=O) groups is 1. The first-order chi connectivity index (χ1) is 11.6. The molecule has 2 unspecified atom stereocenters. The van der Waals surface area contributed by atoms with Crippen LogP contribution in [0.2, 0.25) is 5.02 Å². The Morgan fingerprint density at radius 3 is 2.36 bits per heavy atom. The number of amides is 1. The van der Waals surface area contributed by atoms with Gasteiger partial charge in [-0.1, -0.05) is 55.8 Å². The van der Waals surface area contributed by atoms with Crippen LogP contribution in [0.1, 0.15) is 30.9 Å². The van der Waals surface area contributed by atoms with Crippen LogP contribution in [-0.2, 0) is 11.0 Å². The Morgan fingerprint density at radius 1 is 1.12 bits per heavy atom. The van der Waals surface area contributed by atoms with Gasteiger partial charge in [0.25, 0.3) is 0 Å². The van der Waals surface area contributed by atoms with Crippen molar-refractivity contribution in [3.63, 3.8) is 0 Å². The zero-order valence-electron chi connectivity index (χ0n) is 13.7. The lowest BCUT2D eigenvalue weighted by atomic mass is 10.0. The lowest BCUT2D eigenvalue weighted by Gasteiger charge is -2.14. The number of anilines is 1. The lowest BCUT2D eigenvalue weighted by molar-refractivity contribution is -0.137. The summed E-state index contributed by atoms with van der Waals surface area (Å²) in [4.78, 5) is 12.6. The number of carbonyl (C=O) groups excluding carboxylic acids is 1. The van der Waals surface area contributed by atoms with Crippen LogP contribution in [0.4, 0.5) is 18.9 Å². The molecule has 1 aliphatic carbocycles. The molecule has 1 amide bonds. The van der Waals surface area contributed by atoms with Gasteiger partial charge in [-0.15, -0.1) is 0 Å². The number of nitrogens with one attached hydrogen (secondary N) is 1. The molecule has 0 spiro atoms. The summed E-state index contributed by atoms with van der Waals surface area (Å²) in [5.41, 5.74) is -0.517. The fraction of sp³-hybridized carbons (Fsp3) is 0.316. The molecule has 1 fully saturated rings. The predicted molar refractivity (Wildman–Crippen MR) is 91.5 cm³/mol. The highest BCUT2D eigenvalue weighted by molar-refractivity contribution is 6.31. The van der Waals surface area contributed by atoms with Crippen molar-refractivity contribution in [3.05, 3.63) is 64.7 Å². The van der Waals surface area contributed by atoms with E-state index in [1.807, 2.05) is 44.2 Å². The Kier molecular flexibility index (Phi) is 4.31. The molecule has 0 aromatic heterocycles. The first-order valence-corrected chi connectivity index (χ1v) is 8.22. The SMILES string of the molecule is CC1(C)C(C(=O)Nc2cc(Cl)ccc2C(F)(F)F)C1c1ccccc1. The molecule has 2 atom stereocenters. The van der Waals surface area contributed by atoms with Gasteiger partial charge < -0.3 is 5.32 Å². The number of halogens is 4. The second kappa shape index (κ2) is 6.06. The molecule has 1 N–H and O–H groups in total. The second-order valence-electron chi connectivity index (χ2n) is 6.86. The zero-order valence-corrected chi connectivity index (χ0v) is 14.4. The summed E-state index contributed by atoms with van der Waals surface area (Å²) < 4.78 is 39.4. The van der Waals surface area contributed by atoms with Crippen molar-refractivity contribution >= 4 is 23.2 Å². The molecule has 1 aliphatic rings. The summed E-state index contributed by atoms with van der Waals surface area (Å²) >= 11 is 5.81. The van der Waals surface area contributed by atoms with Crippen LogP contribution in [0.15, 0.2) is 48.5 Å². The molecule has 2 nitrogen and oxygen atoms in total. The van der Waals surface area contributed by atoms with Crippen LogP contribution in [0.5, 0.6) is 0 Å². The average molecular weight is 368 g/mol. The lowest BCUT2D eigenvalue weighted by Crippen LogP contribution is -2.20. The maximum atomic E-state index is 13.1. The zero-order chi connectivity index (χ0) is 18.4. The van der Waals surface area contributed by atoms with Crippen molar-refractivity contribution in [1.82, 2.24) is 0 Å². The number of hydrogen-bond acceptors (Lipinski definition) is 1. The molecule has 0 heterocycles. The van der Waals surface area contributed by atoms with Crippen LogP contribution in [0.3, 0.4) is 0 Å². The maximum absolute atomic E-state index is 13.1. The highest BCUT2D eigenvalue weighted by atomic mass is 35.5. The average Bonchev–Trinajstić information content (AvgIpc) is 3.09. The number of benzene rings is 2. The van der Waals surface area contributed by atoms with Crippen molar-refractivity contribution in [2.75, 3.05) is 5.32 Å². The summed E-state index contributed by atoms with van der Waals surface area (Å²) in [5.74, 6) is -0.844. The predicted octanol–water partition coefficient (Wildman–Crippen LogP) is 5.74. The molecule has 1 saturated carbocycles. The largest absolute Gasteiger partial charge is 0.418 e. The van der Waals surface area contributed by atoms with E-state index in [9.17, 15) is 18.0 Å². The van der Waals surface area contributed by atoms with E-state index in [4.69, 9.17) is 11.6 Å². The Hall–Kier alpha value is -2.01. The highest BCUT2D eigenvalue weighted by Crippen LogP contribution is 2.64. The minimum Gasteiger partial charge on any atom is -0.325 e. The molecular formula is C19H17ClF3NO. The molecule has 2 aromatic rings. The van der Waals surface area contributed by atoms with Crippen molar-refractivity contribution in [2.24, 2.45) is 11.3 Å². The van der Waals surface area contributed by atoms with Gasteiger partial charge in [-0.25, -0.2) is 0 Å². The topological polar surface area (TPSA) is 29.1 Å². The van der Waals surface area contributed by atoms with Crippen LogP contribution in [-0.4, -0.2) is 5.91 Å². The van der Waals surface area contributed by atoms with Crippen molar-refractivity contribution in [3.8, 4) is 0 Å². The van der Waals surface area contributed by atoms with Gasteiger partial charge >= 0.3 is 6.18 Å². The van der Waals surface area contributed by atoms with E-state index < -0.39 is 23.6 Å². The molecule has 3 rings (SSSR count). The number of rotatable bonds is 3. The fourth-order valence-corrected chi connectivity index (χ4v) is 3.66. The standard InChI is InChI=1S/C19H17ClF3NO/c1-18(2)15(11-6-4-3-5-7-11)16(18)17(25)24-14-10-12(20)8-9-13(14)19(21,22)23/h3-10,15-16H,1-2H3,(H,24,25). The Bertz CT molecular complexity index is 802. The molecule has 25 heavy (non-hydrogen) atoms. The third-order valence-electron chi connectivity index (χ3n) is 4.81. The molecule has 6 heteroatoms. The van der Waals surface area contributed by atoms with Gasteiger partial charge in [0.05, 0.1) is 17.2 Å². The third-order valence-corrected chi connectivity index (χ3v) is 5.05. The van der Waals surface area contributed by atoms with Gasteiger partial charge in [0.2, 0.25) is 5.91 Å². The first-order valence-electron chi connectivity index (χ1n) is 7.85.